The number of carbonyl (C=O) groups is 3. The van der Waals surface area contributed by atoms with E-state index in [0.29, 0.717) is 11.1 Å². The molecule has 4 nitrogen and oxygen atoms in total. The molecule has 1 saturated carbocycles. The molecule has 0 spiro atoms. The Morgan fingerprint density at radius 3 is 1.80 bits per heavy atom. The van der Waals surface area contributed by atoms with E-state index in [1.807, 2.05) is 6.07 Å². The van der Waals surface area contributed by atoms with Gasteiger partial charge in [-0.05, 0) is 25.0 Å². The van der Waals surface area contributed by atoms with E-state index in [9.17, 15) is 14.4 Å². The van der Waals surface area contributed by atoms with Gasteiger partial charge in [-0.25, -0.2) is 0 Å². The zero-order valence-electron chi connectivity index (χ0n) is 14.1. The number of nitrogens with zero attached hydrogens (tertiary/aromatic N) is 1. The second kappa shape index (κ2) is 7.88. The Hall–Kier alpha value is -2.75. The van der Waals surface area contributed by atoms with E-state index in [2.05, 4.69) is 0 Å². The third kappa shape index (κ3) is 3.85. The van der Waals surface area contributed by atoms with E-state index in [-0.39, 0.29) is 11.9 Å². The average Bonchev–Trinajstić information content (AvgIpc) is 2.69. The average molecular weight is 335 g/mol. The summed E-state index contributed by atoms with van der Waals surface area (Å²) < 4.78 is 0. The van der Waals surface area contributed by atoms with Crippen LogP contribution in [0.4, 0.5) is 0 Å². The second-order valence-electron chi connectivity index (χ2n) is 6.33. The molecule has 0 atom stereocenters. The topological polar surface area (TPSA) is 54.5 Å². The van der Waals surface area contributed by atoms with E-state index in [1.54, 1.807) is 54.6 Å². The highest BCUT2D eigenvalue weighted by Crippen LogP contribution is 2.25. The fourth-order valence-corrected chi connectivity index (χ4v) is 3.31. The third-order valence-corrected chi connectivity index (χ3v) is 4.63. The van der Waals surface area contributed by atoms with Gasteiger partial charge in [0.05, 0.1) is 0 Å². The maximum Gasteiger partial charge on any atom is 0.302 e. The molecule has 0 bridgehead atoms. The number of amides is 2. The number of Topliss-reactive ketones (excluding diaryl/α,β-unsaturated/α-hetero) is 1. The van der Waals surface area contributed by atoms with Gasteiger partial charge in [-0.1, -0.05) is 67.8 Å². The number of hydrogen-bond acceptors (Lipinski definition) is 3. The first-order valence-corrected chi connectivity index (χ1v) is 8.71. The molecule has 0 unspecified atom stereocenters. The molecule has 4 heteroatoms. The van der Waals surface area contributed by atoms with Crippen LogP contribution in [0.5, 0.6) is 0 Å². The zero-order chi connectivity index (χ0) is 17.6. The minimum atomic E-state index is -0.730. The molecule has 1 aliphatic carbocycles. The van der Waals surface area contributed by atoms with Gasteiger partial charge >= 0.3 is 5.91 Å². The van der Waals surface area contributed by atoms with Gasteiger partial charge in [0.1, 0.15) is 0 Å². The van der Waals surface area contributed by atoms with E-state index in [4.69, 9.17) is 0 Å². The maximum atomic E-state index is 13.0. The number of rotatable bonds is 4. The highest BCUT2D eigenvalue weighted by molar-refractivity contribution is 6.45. The summed E-state index contributed by atoms with van der Waals surface area (Å²) in [5, 5.41) is 0. The largest absolute Gasteiger partial charge is 0.302 e. The quantitative estimate of drug-likeness (QED) is 0.629. The molecule has 2 aromatic rings. The Morgan fingerprint density at radius 2 is 1.24 bits per heavy atom. The first-order valence-electron chi connectivity index (χ1n) is 8.71. The summed E-state index contributed by atoms with van der Waals surface area (Å²) in [6.07, 6.45) is 4.55. The van der Waals surface area contributed by atoms with Gasteiger partial charge in [0, 0.05) is 17.2 Å². The monoisotopic (exact) mass is 335 g/mol. The fourth-order valence-electron chi connectivity index (χ4n) is 3.31. The molecule has 3 rings (SSSR count). The van der Waals surface area contributed by atoms with Crippen LogP contribution < -0.4 is 0 Å². The lowest BCUT2D eigenvalue weighted by Crippen LogP contribution is -2.48. The van der Waals surface area contributed by atoms with Gasteiger partial charge in [-0.3, -0.25) is 19.3 Å². The third-order valence-electron chi connectivity index (χ3n) is 4.63. The van der Waals surface area contributed by atoms with Crippen molar-refractivity contribution in [1.29, 1.82) is 0 Å². The molecule has 128 valence electrons. The van der Waals surface area contributed by atoms with Crippen LogP contribution in [-0.2, 0) is 4.79 Å². The number of imide groups is 1. The van der Waals surface area contributed by atoms with Gasteiger partial charge in [0.25, 0.3) is 11.7 Å². The van der Waals surface area contributed by atoms with Crippen molar-refractivity contribution in [3.05, 3.63) is 71.8 Å². The van der Waals surface area contributed by atoms with Crippen LogP contribution in [0.25, 0.3) is 0 Å². The van der Waals surface area contributed by atoms with Gasteiger partial charge in [0.2, 0.25) is 0 Å². The molecule has 25 heavy (non-hydrogen) atoms. The minimum Gasteiger partial charge on any atom is -0.283 e. The SMILES string of the molecule is O=C(C(=O)N(C(=O)c1ccccc1)C1CCCCC1)c1ccccc1. The first-order chi connectivity index (χ1) is 12.2. The van der Waals surface area contributed by atoms with Crippen molar-refractivity contribution in [2.24, 2.45) is 0 Å². The molecule has 2 aromatic carbocycles. The van der Waals surface area contributed by atoms with Crippen LogP contribution in [0, 0.1) is 0 Å². The molecule has 1 aliphatic rings. The van der Waals surface area contributed by atoms with Crippen LogP contribution >= 0.6 is 0 Å². The van der Waals surface area contributed by atoms with Gasteiger partial charge in [-0.15, -0.1) is 0 Å². The van der Waals surface area contributed by atoms with Crippen LogP contribution in [0.1, 0.15) is 52.8 Å². The molecule has 0 radical (unpaired) electrons. The van der Waals surface area contributed by atoms with E-state index >= 15 is 0 Å². The van der Waals surface area contributed by atoms with Crippen LogP contribution in [0.15, 0.2) is 60.7 Å². The van der Waals surface area contributed by atoms with Crippen LogP contribution in [0.2, 0.25) is 0 Å². The summed E-state index contributed by atoms with van der Waals surface area (Å²) in [4.78, 5) is 39.7. The number of hydrogen-bond donors (Lipinski definition) is 0. The van der Waals surface area contributed by atoms with Gasteiger partial charge in [-0.2, -0.15) is 0 Å². The lowest BCUT2D eigenvalue weighted by Gasteiger charge is -2.32. The van der Waals surface area contributed by atoms with Crippen LogP contribution in [-0.4, -0.2) is 28.5 Å². The van der Waals surface area contributed by atoms with Crippen molar-refractivity contribution in [3.63, 3.8) is 0 Å². The molecule has 0 aromatic heterocycles. The summed E-state index contributed by atoms with van der Waals surface area (Å²) >= 11 is 0. The summed E-state index contributed by atoms with van der Waals surface area (Å²) in [7, 11) is 0. The standard InChI is InChI=1S/C21H21NO3/c23-19(16-10-4-1-5-11-16)21(25)22(18-14-8-3-9-15-18)20(24)17-12-6-2-7-13-17/h1-2,4-7,10-13,18H,3,8-9,14-15H2. The zero-order valence-corrected chi connectivity index (χ0v) is 14.1. The highest BCUT2D eigenvalue weighted by atomic mass is 16.2. The van der Waals surface area contributed by atoms with Gasteiger partial charge in [0.15, 0.2) is 0 Å². The van der Waals surface area contributed by atoms with E-state index < -0.39 is 11.7 Å². The Labute approximate surface area is 147 Å². The normalized spacial score (nSPS) is 14.7. The molecule has 1 fully saturated rings. The number of ketones is 1. The summed E-state index contributed by atoms with van der Waals surface area (Å²) in [5.41, 5.74) is 0.747. The van der Waals surface area contributed by atoms with Crippen molar-refractivity contribution in [3.8, 4) is 0 Å². The predicted octanol–water partition coefficient (Wildman–Crippen LogP) is 3.87. The first kappa shape index (κ1) is 17.1. The Balaban J connectivity index is 1.91. The molecule has 0 aliphatic heterocycles. The molecule has 0 heterocycles. The molecule has 0 saturated heterocycles. The van der Waals surface area contributed by atoms with Gasteiger partial charge < -0.3 is 0 Å². The lowest BCUT2D eigenvalue weighted by atomic mass is 9.93. The summed E-state index contributed by atoms with van der Waals surface area (Å²) in [6.45, 7) is 0. The Bertz CT molecular complexity index is 749. The summed E-state index contributed by atoms with van der Waals surface area (Å²) in [6, 6.07) is 16.9. The smallest absolute Gasteiger partial charge is 0.283 e. The maximum absolute atomic E-state index is 13.0. The predicted molar refractivity (Wildman–Crippen MR) is 95.3 cm³/mol. The van der Waals surface area contributed by atoms with Crippen molar-refractivity contribution in [2.45, 2.75) is 38.1 Å². The fraction of sp³-hybridized carbons (Fsp3) is 0.286. The molecule has 2 amide bonds. The van der Waals surface area contributed by atoms with Crippen molar-refractivity contribution in [2.75, 3.05) is 0 Å². The minimum absolute atomic E-state index is 0.207. The van der Waals surface area contributed by atoms with Crippen molar-refractivity contribution < 1.29 is 14.4 Å². The van der Waals surface area contributed by atoms with Crippen LogP contribution in [0.3, 0.4) is 0 Å². The molecular formula is C21H21NO3. The highest BCUT2D eigenvalue weighted by Gasteiger charge is 2.35. The number of benzene rings is 2. The number of carbonyl (C=O) groups excluding carboxylic acids is 3. The molecular weight excluding hydrogens is 314 g/mol. The Kier molecular flexibility index (Phi) is 5.39. The lowest BCUT2D eigenvalue weighted by molar-refractivity contribution is -0.126. The molecule has 0 N–H and O–H groups in total. The van der Waals surface area contributed by atoms with Crippen molar-refractivity contribution in [1.82, 2.24) is 4.90 Å². The van der Waals surface area contributed by atoms with Crippen molar-refractivity contribution >= 4 is 17.6 Å². The van der Waals surface area contributed by atoms with E-state index in [1.165, 1.54) is 4.90 Å². The Morgan fingerprint density at radius 1 is 0.720 bits per heavy atom. The summed E-state index contributed by atoms with van der Waals surface area (Å²) in [5.74, 6) is -1.75. The van der Waals surface area contributed by atoms with E-state index in [0.717, 1.165) is 32.1 Å². The second-order valence-corrected chi connectivity index (χ2v) is 6.33.